The maximum atomic E-state index is 11.4. The Kier molecular flexibility index (Phi) is 3.06. The van der Waals surface area contributed by atoms with Gasteiger partial charge in [-0.05, 0) is 23.8 Å². The average Bonchev–Trinajstić information content (AvgIpc) is 2.36. The van der Waals surface area contributed by atoms with E-state index in [4.69, 9.17) is 11.6 Å². The van der Waals surface area contributed by atoms with Gasteiger partial charge in [-0.25, -0.2) is 0 Å². The number of likely N-dealkylation sites (N-methyl/N-ethyl adjacent to an activating group) is 1. The molecule has 82 valence electrons. The number of rotatable bonds is 2. The van der Waals surface area contributed by atoms with Gasteiger partial charge in [0.25, 0.3) is 0 Å². The van der Waals surface area contributed by atoms with Crippen LogP contribution in [-0.4, -0.2) is 17.9 Å². The molecule has 1 aromatic carbocycles. The van der Waals surface area contributed by atoms with Crippen LogP contribution in [0, 0.1) is 0 Å². The van der Waals surface area contributed by atoms with Crippen LogP contribution in [0.25, 0.3) is 10.9 Å². The second-order valence-electron chi connectivity index (χ2n) is 3.43. The first kappa shape index (κ1) is 10.9. The first-order chi connectivity index (χ1) is 7.72. The molecule has 16 heavy (non-hydrogen) atoms. The Morgan fingerprint density at radius 2 is 2.25 bits per heavy atom. The number of nitrogens with zero attached hydrogens (tertiary/aromatic N) is 1. The number of fused-ring (bicyclic) bond motifs is 1. The highest BCUT2D eigenvalue weighted by atomic mass is 35.5. The highest BCUT2D eigenvalue weighted by Gasteiger charge is 2.16. The third-order valence-electron chi connectivity index (χ3n) is 2.40. The van der Waals surface area contributed by atoms with Gasteiger partial charge in [-0.2, -0.15) is 0 Å². The number of hydrogen-bond acceptors (Lipinski definition) is 2. The van der Waals surface area contributed by atoms with E-state index < -0.39 is 5.38 Å². The molecule has 4 heteroatoms. The van der Waals surface area contributed by atoms with Crippen LogP contribution in [0.3, 0.4) is 0 Å². The summed E-state index contributed by atoms with van der Waals surface area (Å²) >= 11 is 6.02. The number of amides is 1. The molecule has 0 aliphatic heterocycles. The fourth-order valence-corrected chi connectivity index (χ4v) is 1.77. The van der Waals surface area contributed by atoms with Crippen LogP contribution in [0.2, 0.25) is 0 Å². The van der Waals surface area contributed by atoms with Crippen molar-refractivity contribution in [2.24, 2.45) is 0 Å². The summed E-state index contributed by atoms with van der Waals surface area (Å²) in [5, 5.41) is 2.85. The van der Waals surface area contributed by atoms with E-state index in [1.54, 1.807) is 13.2 Å². The van der Waals surface area contributed by atoms with Crippen LogP contribution in [0.1, 0.15) is 10.9 Å². The first-order valence-electron chi connectivity index (χ1n) is 4.92. The Hall–Kier alpha value is -1.61. The number of alkyl halides is 1. The van der Waals surface area contributed by atoms with E-state index in [1.807, 2.05) is 30.3 Å². The molecule has 0 saturated heterocycles. The van der Waals surface area contributed by atoms with Crippen molar-refractivity contribution in [1.82, 2.24) is 10.3 Å². The topological polar surface area (TPSA) is 42.0 Å². The minimum Gasteiger partial charge on any atom is -0.358 e. The highest BCUT2D eigenvalue weighted by Crippen LogP contribution is 2.23. The second-order valence-corrected chi connectivity index (χ2v) is 3.87. The summed E-state index contributed by atoms with van der Waals surface area (Å²) in [6, 6.07) is 9.37. The molecular weight excluding hydrogens is 224 g/mol. The molecule has 2 rings (SSSR count). The van der Waals surface area contributed by atoms with Gasteiger partial charge >= 0.3 is 0 Å². The zero-order chi connectivity index (χ0) is 11.5. The van der Waals surface area contributed by atoms with Crippen LogP contribution in [0.4, 0.5) is 0 Å². The Bertz CT molecular complexity index is 527. The molecule has 1 atom stereocenters. The number of pyridine rings is 1. The SMILES string of the molecule is CNC(=O)C(Cl)c1ccc2ncccc2c1. The van der Waals surface area contributed by atoms with E-state index in [-0.39, 0.29) is 5.91 Å². The number of aromatic nitrogens is 1. The van der Waals surface area contributed by atoms with Crippen molar-refractivity contribution in [3.63, 3.8) is 0 Å². The number of nitrogens with one attached hydrogen (secondary N) is 1. The standard InChI is InChI=1S/C12H11ClN2O/c1-14-12(16)11(13)9-4-5-10-8(7-9)3-2-6-15-10/h2-7,11H,1H3,(H,14,16). The van der Waals surface area contributed by atoms with E-state index in [0.717, 1.165) is 16.5 Å². The average molecular weight is 235 g/mol. The van der Waals surface area contributed by atoms with Gasteiger partial charge in [-0.1, -0.05) is 12.1 Å². The molecule has 0 aliphatic rings. The molecule has 0 spiro atoms. The first-order valence-corrected chi connectivity index (χ1v) is 5.36. The predicted molar refractivity (Wildman–Crippen MR) is 64.4 cm³/mol. The van der Waals surface area contributed by atoms with E-state index in [2.05, 4.69) is 10.3 Å². The summed E-state index contributed by atoms with van der Waals surface area (Å²) in [5.74, 6) is -0.204. The second kappa shape index (κ2) is 4.49. The zero-order valence-electron chi connectivity index (χ0n) is 8.77. The van der Waals surface area contributed by atoms with Crippen molar-refractivity contribution < 1.29 is 4.79 Å². The summed E-state index contributed by atoms with van der Waals surface area (Å²) < 4.78 is 0. The van der Waals surface area contributed by atoms with Crippen LogP contribution >= 0.6 is 11.6 Å². The number of hydrogen-bond donors (Lipinski definition) is 1. The maximum Gasteiger partial charge on any atom is 0.242 e. The Labute approximate surface area is 98.4 Å². The molecule has 1 N–H and O–H groups in total. The summed E-state index contributed by atoms with van der Waals surface area (Å²) in [6.07, 6.45) is 1.74. The van der Waals surface area contributed by atoms with Crippen molar-refractivity contribution >= 4 is 28.4 Å². The molecule has 2 aromatic rings. The summed E-state index contributed by atoms with van der Waals surface area (Å²) in [4.78, 5) is 15.6. The van der Waals surface area contributed by atoms with Crippen LogP contribution < -0.4 is 5.32 Å². The molecule has 1 unspecified atom stereocenters. The maximum absolute atomic E-state index is 11.4. The number of carbonyl (C=O) groups excluding carboxylic acids is 1. The van der Waals surface area contributed by atoms with Gasteiger partial charge in [0, 0.05) is 18.6 Å². The quantitative estimate of drug-likeness (QED) is 0.810. The molecule has 0 fully saturated rings. The molecule has 1 aromatic heterocycles. The smallest absolute Gasteiger partial charge is 0.242 e. The molecular formula is C12H11ClN2O. The van der Waals surface area contributed by atoms with Gasteiger partial charge < -0.3 is 5.32 Å². The van der Waals surface area contributed by atoms with E-state index in [9.17, 15) is 4.79 Å². The highest BCUT2D eigenvalue weighted by molar-refractivity contribution is 6.30. The lowest BCUT2D eigenvalue weighted by molar-refractivity contribution is -0.120. The third-order valence-corrected chi connectivity index (χ3v) is 2.85. The lowest BCUT2D eigenvalue weighted by Gasteiger charge is -2.08. The van der Waals surface area contributed by atoms with Crippen LogP contribution in [-0.2, 0) is 4.79 Å². The van der Waals surface area contributed by atoms with Crippen molar-refractivity contribution in [3.05, 3.63) is 42.1 Å². The minimum absolute atomic E-state index is 0.204. The summed E-state index contributed by atoms with van der Waals surface area (Å²) in [6.45, 7) is 0. The number of carbonyl (C=O) groups is 1. The number of halogens is 1. The fourth-order valence-electron chi connectivity index (χ4n) is 1.53. The van der Waals surface area contributed by atoms with Crippen LogP contribution in [0.15, 0.2) is 36.5 Å². The van der Waals surface area contributed by atoms with Gasteiger partial charge in [0.1, 0.15) is 5.38 Å². The molecule has 1 heterocycles. The van der Waals surface area contributed by atoms with Gasteiger partial charge in [-0.15, -0.1) is 11.6 Å². The molecule has 0 bridgehead atoms. The van der Waals surface area contributed by atoms with Gasteiger partial charge in [-0.3, -0.25) is 9.78 Å². The normalized spacial score (nSPS) is 12.4. The number of benzene rings is 1. The minimum atomic E-state index is -0.658. The van der Waals surface area contributed by atoms with Crippen LogP contribution in [0.5, 0.6) is 0 Å². The van der Waals surface area contributed by atoms with Crippen molar-refractivity contribution in [1.29, 1.82) is 0 Å². The largest absolute Gasteiger partial charge is 0.358 e. The fraction of sp³-hybridized carbons (Fsp3) is 0.167. The molecule has 1 amide bonds. The van der Waals surface area contributed by atoms with Gasteiger partial charge in [0.05, 0.1) is 5.52 Å². The van der Waals surface area contributed by atoms with Crippen molar-refractivity contribution in [2.45, 2.75) is 5.38 Å². The van der Waals surface area contributed by atoms with Crippen molar-refractivity contribution in [3.8, 4) is 0 Å². The lowest BCUT2D eigenvalue weighted by atomic mass is 10.1. The predicted octanol–water partition coefficient (Wildman–Crippen LogP) is 2.26. The third kappa shape index (κ3) is 1.99. The van der Waals surface area contributed by atoms with E-state index in [0.29, 0.717) is 0 Å². The zero-order valence-corrected chi connectivity index (χ0v) is 9.53. The lowest BCUT2D eigenvalue weighted by Crippen LogP contribution is -2.22. The molecule has 3 nitrogen and oxygen atoms in total. The Morgan fingerprint density at radius 3 is 3.00 bits per heavy atom. The van der Waals surface area contributed by atoms with Crippen molar-refractivity contribution in [2.75, 3.05) is 7.05 Å². The van der Waals surface area contributed by atoms with E-state index >= 15 is 0 Å². The van der Waals surface area contributed by atoms with Gasteiger partial charge in [0.15, 0.2) is 0 Å². The summed E-state index contributed by atoms with van der Waals surface area (Å²) in [7, 11) is 1.57. The van der Waals surface area contributed by atoms with Gasteiger partial charge in [0.2, 0.25) is 5.91 Å². The van der Waals surface area contributed by atoms with E-state index in [1.165, 1.54) is 0 Å². The molecule has 0 saturated carbocycles. The molecule has 0 aliphatic carbocycles. The molecule has 0 radical (unpaired) electrons. The summed E-state index contributed by atoms with van der Waals surface area (Å²) in [5.41, 5.74) is 1.67. The monoisotopic (exact) mass is 234 g/mol. The Morgan fingerprint density at radius 1 is 1.44 bits per heavy atom. The Balaban J connectivity index is 2.43.